The minimum Gasteiger partial charge on any atom is -0.508 e. The van der Waals surface area contributed by atoms with E-state index in [2.05, 4.69) is 9.97 Å². The van der Waals surface area contributed by atoms with Crippen LogP contribution in [0.15, 0.2) is 30.6 Å². The van der Waals surface area contributed by atoms with E-state index in [9.17, 15) is 9.90 Å². The number of nitrogens with zero attached hydrogens (tertiary/aromatic N) is 2. The van der Waals surface area contributed by atoms with Crippen LogP contribution in [0.4, 0.5) is 0 Å². The lowest BCUT2D eigenvalue weighted by atomic mass is 9.85. The zero-order chi connectivity index (χ0) is 15.3. The highest BCUT2D eigenvalue weighted by Gasteiger charge is 2.31. The van der Waals surface area contributed by atoms with Crippen molar-refractivity contribution in [1.29, 1.82) is 0 Å². The first kappa shape index (κ1) is 13.1. The predicted octanol–water partition coefficient (Wildman–Crippen LogP) is 2.82. The van der Waals surface area contributed by atoms with Crippen molar-refractivity contribution in [3.63, 3.8) is 0 Å². The molecule has 1 unspecified atom stereocenters. The van der Waals surface area contributed by atoms with Crippen molar-refractivity contribution >= 4 is 16.7 Å². The second-order valence-corrected chi connectivity index (χ2v) is 5.94. The minimum absolute atomic E-state index is 0.0202. The first-order valence-electron chi connectivity index (χ1n) is 7.49. The van der Waals surface area contributed by atoms with Gasteiger partial charge in [-0.15, -0.1) is 0 Å². The molecule has 1 aliphatic rings. The number of fused-ring (bicyclic) bond motifs is 3. The highest BCUT2D eigenvalue weighted by molar-refractivity contribution is 6.11. The van der Waals surface area contributed by atoms with Crippen molar-refractivity contribution in [2.24, 2.45) is 5.92 Å². The van der Waals surface area contributed by atoms with Gasteiger partial charge in [0.15, 0.2) is 5.78 Å². The zero-order valence-corrected chi connectivity index (χ0v) is 12.3. The third-order valence-corrected chi connectivity index (χ3v) is 4.56. The number of aryl methyl sites for hydroxylation is 2. The monoisotopic (exact) mass is 295 g/mol. The Morgan fingerprint density at radius 1 is 1.45 bits per heavy atom. The number of hydrogen-bond acceptors (Lipinski definition) is 3. The summed E-state index contributed by atoms with van der Waals surface area (Å²) in [6.07, 6.45) is 5.38. The molecular formula is C17H17N3O2. The second kappa shape index (κ2) is 4.73. The van der Waals surface area contributed by atoms with Crippen molar-refractivity contribution in [2.45, 2.75) is 26.3 Å². The summed E-state index contributed by atoms with van der Waals surface area (Å²) in [4.78, 5) is 20.4. The highest BCUT2D eigenvalue weighted by atomic mass is 16.3. The van der Waals surface area contributed by atoms with E-state index in [0.29, 0.717) is 6.54 Å². The summed E-state index contributed by atoms with van der Waals surface area (Å²) >= 11 is 0. The van der Waals surface area contributed by atoms with Gasteiger partial charge >= 0.3 is 0 Å². The molecular weight excluding hydrogens is 278 g/mol. The fourth-order valence-corrected chi connectivity index (χ4v) is 3.37. The van der Waals surface area contributed by atoms with Gasteiger partial charge in [0.1, 0.15) is 11.6 Å². The van der Waals surface area contributed by atoms with E-state index >= 15 is 0 Å². The van der Waals surface area contributed by atoms with Crippen molar-refractivity contribution in [1.82, 2.24) is 14.5 Å². The predicted molar refractivity (Wildman–Crippen MR) is 83.1 cm³/mol. The molecule has 0 aliphatic heterocycles. The number of ketones is 1. The number of phenols is 1. The van der Waals surface area contributed by atoms with E-state index in [1.165, 1.54) is 0 Å². The van der Waals surface area contributed by atoms with E-state index in [1.807, 2.05) is 23.8 Å². The van der Waals surface area contributed by atoms with Crippen LogP contribution in [0.5, 0.6) is 5.75 Å². The molecule has 0 amide bonds. The number of carbonyl (C=O) groups is 1. The maximum absolute atomic E-state index is 12.9. The molecule has 112 valence electrons. The van der Waals surface area contributed by atoms with Crippen molar-refractivity contribution in [3.05, 3.63) is 47.7 Å². The molecule has 0 saturated heterocycles. The molecule has 1 aliphatic carbocycles. The molecule has 0 bridgehead atoms. The van der Waals surface area contributed by atoms with E-state index < -0.39 is 0 Å². The van der Waals surface area contributed by atoms with Gasteiger partial charge in [-0.25, -0.2) is 4.98 Å². The summed E-state index contributed by atoms with van der Waals surface area (Å²) in [5.74, 6) is 1.31. The maximum Gasteiger partial charge on any atom is 0.170 e. The van der Waals surface area contributed by atoms with Crippen LogP contribution in [0.3, 0.4) is 0 Å². The number of Topliss-reactive ketones (excluding diaryl/α,β-unsaturated/α-hetero) is 1. The zero-order valence-electron chi connectivity index (χ0n) is 12.3. The smallest absolute Gasteiger partial charge is 0.170 e. The number of phenolic OH excluding ortho intramolecular Hbond substituents is 1. The van der Waals surface area contributed by atoms with Gasteiger partial charge in [-0.05, 0) is 31.9 Å². The fourth-order valence-electron chi connectivity index (χ4n) is 3.37. The van der Waals surface area contributed by atoms with Gasteiger partial charge in [0.25, 0.3) is 0 Å². The van der Waals surface area contributed by atoms with E-state index in [-0.39, 0.29) is 17.5 Å². The lowest BCUT2D eigenvalue weighted by Crippen LogP contribution is -2.26. The molecule has 0 fully saturated rings. The van der Waals surface area contributed by atoms with Crippen LogP contribution >= 0.6 is 0 Å². The van der Waals surface area contributed by atoms with Crippen molar-refractivity contribution in [2.75, 3.05) is 0 Å². The van der Waals surface area contributed by atoms with Crippen LogP contribution in [-0.2, 0) is 13.0 Å². The average Bonchev–Trinajstić information content (AvgIpc) is 3.05. The normalized spacial score (nSPS) is 17.9. The first-order chi connectivity index (χ1) is 10.6. The van der Waals surface area contributed by atoms with Gasteiger partial charge in [0.05, 0.1) is 5.52 Å². The average molecular weight is 295 g/mol. The van der Waals surface area contributed by atoms with Crippen molar-refractivity contribution in [3.8, 4) is 5.75 Å². The van der Waals surface area contributed by atoms with Crippen LogP contribution in [0, 0.1) is 12.8 Å². The highest BCUT2D eigenvalue weighted by Crippen LogP contribution is 2.33. The molecule has 5 heteroatoms. The minimum atomic E-state index is -0.0202. The van der Waals surface area contributed by atoms with Gasteiger partial charge in [-0.1, -0.05) is 0 Å². The number of hydrogen-bond donors (Lipinski definition) is 2. The lowest BCUT2D eigenvalue weighted by molar-refractivity contribution is 0.0889. The number of imidazole rings is 1. The van der Waals surface area contributed by atoms with Crippen LogP contribution in [0.25, 0.3) is 10.9 Å². The van der Waals surface area contributed by atoms with Crippen LogP contribution in [0.1, 0.15) is 28.3 Å². The summed E-state index contributed by atoms with van der Waals surface area (Å²) in [6, 6.07) is 5.13. The number of aromatic amines is 1. The molecule has 5 nitrogen and oxygen atoms in total. The van der Waals surface area contributed by atoms with E-state index in [4.69, 9.17) is 0 Å². The number of carbonyl (C=O) groups excluding carboxylic acids is 1. The van der Waals surface area contributed by atoms with Gasteiger partial charge in [-0.2, -0.15) is 0 Å². The molecule has 3 aromatic rings. The molecule has 0 spiro atoms. The summed E-state index contributed by atoms with van der Waals surface area (Å²) in [5.41, 5.74) is 2.62. The quantitative estimate of drug-likeness (QED) is 0.763. The number of aromatic nitrogens is 3. The Labute approximate surface area is 127 Å². The largest absolute Gasteiger partial charge is 0.508 e. The number of aromatic hydroxyl groups is 1. The Kier molecular flexibility index (Phi) is 2.82. The molecule has 4 rings (SSSR count). The van der Waals surface area contributed by atoms with E-state index in [1.54, 1.807) is 18.3 Å². The first-order valence-corrected chi connectivity index (χ1v) is 7.49. The summed E-state index contributed by atoms with van der Waals surface area (Å²) in [5, 5.41) is 10.5. The number of benzene rings is 1. The SMILES string of the molecule is Cc1nccn1CC1CCc2[nH]c3cc(O)ccc3c2C1=O. The van der Waals surface area contributed by atoms with Gasteiger partial charge < -0.3 is 14.7 Å². The summed E-state index contributed by atoms with van der Waals surface area (Å²) < 4.78 is 2.04. The Hall–Kier alpha value is -2.56. The molecule has 2 N–H and O–H groups in total. The van der Waals surface area contributed by atoms with Crippen LogP contribution in [0.2, 0.25) is 0 Å². The third kappa shape index (κ3) is 1.93. The van der Waals surface area contributed by atoms with Crippen LogP contribution < -0.4 is 0 Å². The summed E-state index contributed by atoms with van der Waals surface area (Å²) in [7, 11) is 0. The number of nitrogens with one attached hydrogen (secondary N) is 1. The van der Waals surface area contributed by atoms with E-state index in [0.717, 1.165) is 40.8 Å². The molecule has 2 aromatic heterocycles. The van der Waals surface area contributed by atoms with Gasteiger partial charge in [0, 0.05) is 47.6 Å². The molecule has 22 heavy (non-hydrogen) atoms. The maximum atomic E-state index is 12.9. The standard InChI is InChI=1S/C17H17N3O2/c1-10-18-6-7-20(10)9-11-2-5-14-16(17(11)22)13-4-3-12(21)8-15(13)19-14/h3-4,6-8,11,19,21H,2,5,9H2,1H3. The topological polar surface area (TPSA) is 70.9 Å². The Bertz CT molecular complexity index is 875. The number of H-pyrrole nitrogens is 1. The summed E-state index contributed by atoms with van der Waals surface area (Å²) in [6.45, 7) is 2.63. The van der Waals surface area contributed by atoms with Gasteiger partial charge in [-0.3, -0.25) is 4.79 Å². The molecule has 1 atom stereocenters. The Balaban J connectivity index is 1.73. The van der Waals surface area contributed by atoms with Crippen LogP contribution in [-0.4, -0.2) is 25.4 Å². The molecule has 2 heterocycles. The molecule has 0 radical (unpaired) electrons. The number of rotatable bonds is 2. The van der Waals surface area contributed by atoms with Gasteiger partial charge in [0.2, 0.25) is 0 Å². The Morgan fingerprint density at radius 3 is 3.09 bits per heavy atom. The van der Waals surface area contributed by atoms with Crippen molar-refractivity contribution < 1.29 is 9.90 Å². The Morgan fingerprint density at radius 2 is 2.32 bits per heavy atom. The molecule has 1 aromatic carbocycles. The second-order valence-electron chi connectivity index (χ2n) is 5.94. The lowest BCUT2D eigenvalue weighted by Gasteiger charge is -2.22. The molecule has 0 saturated carbocycles. The fraction of sp³-hybridized carbons (Fsp3) is 0.294. The third-order valence-electron chi connectivity index (χ3n) is 4.56.